The van der Waals surface area contributed by atoms with E-state index in [0.29, 0.717) is 23.9 Å². The number of phosphoric acid groups is 1. The quantitative estimate of drug-likeness (QED) is 0.0212. The van der Waals surface area contributed by atoms with Crippen molar-refractivity contribution in [2.24, 2.45) is 0 Å². The van der Waals surface area contributed by atoms with Crippen LogP contribution in [0.4, 0.5) is 0 Å². The van der Waals surface area contributed by atoms with Crippen molar-refractivity contribution in [3.05, 3.63) is 97.2 Å². The number of rotatable bonds is 44. The van der Waals surface area contributed by atoms with E-state index >= 15 is 0 Å². The fourth-order valence-corrected chi connectivity index (χ4v) is 6.96. The summed E-state index contributed by atoms with van der Waals surface area (Å²) >= 11 is 0. The first-order valence-electron chi connectivity index (χ1n) is 25.0. The third kappa shape index (κ3) is 48.4. The Bertz CT molecular complexity index is 1400. The van der Waals surface area contributed by atoms with Gasteiger partial charge in [0.05, 0.1) is 27.7 Å². The number of carbonyl (C=O) groups excluding carboxylic acids is 2. The van der Waals surface area contributed by atoms with E-state index in [0.717, 1.165) is 96.3 Å². The molecule has 2 atom stereocenters. The van der Waals surface area contributed by atoms with Crippen LogP contribution in [0.25, 0.3) is 0 Å². The molecule has 0 saturated carbocycles. The van der Waals surface area contributed by atoms with Crippen LogP contribution < -0.4 is 0 Å². The van der Waals surface area contributed by atoms with Crippen LogP contribution in [0.1, 0.15) is 181 Å². The van der Waals surface area contributed by atoms with Gasteiger partial charge in [0, 0.05) is 12.8 Å². The largest absolute Gasteiger partial charge is 0.472 e. The molecule has 0 saturated heterocycles. The number of quaternary nitrogens is 1. The molecular weight excluding hydrogens is 822 g/mol. The standard InChI is InChI=1S/C54H92NO8P/c1-6-8-10-12-14-16-18-20-22-24-26-27-29-30-32-34-36-38-40-42-44-46-53(56)60-50-52(51-62-64(58,59)61-49-48-55(3,4)5)63-54(57)47-45-43-41-39-37-35-33-31-28-25-23-21-19-17-15-13-11-9-7-2/h9,11,15,17-18,20-21,23-24,26,28-31,35,37,52H,6-8,10,12-14,16,19,22,25,27,32-34,36,38-51H2,1-5H3/p+1/b11-9-,17-15-,20-18-,23-21-,26-24-,30-29-,31-28-,37-35-. The molecule has 1 N–H and O–H groups in total. The fourth-order valence-electron chi connectivity index (χ4n) is 6.22. The predicted octanol–water partition coefficient (Wildman–Crippen LogP) is 14.9. The van der Waals surface area contributed by atoms with Gasteiger partial charge in [0.1, 0.15) is 19.8 Å². The number of esters is 2. The molecule has 0 amide bonds. The molecule has 0 aliphatic carbocycles. The van der Waals surface area contributed by atoms with Crippen molar-refractivity contribution in [1.29, 1.82) is 0 Å². The second-order valence-corrected chi connectivity index (χ2v) is 18.9. The van der Waals surface area contributed by atoms with E-state index in [9.17, 15) is 19.0 Å². The SMILES string of the molecule is CC/C=C\C/C=C\C/C=C\C/C=C\C/C=C\CCCCCC(=O)OC(COC(=O)CCCCCCCC/C=C\C/C=C\C/C=C\CCCCCCC)COP(=O)(O)OCC[N+](C)(C)C. The minimum Gasteiger partial charge on any atom is -0.462 e. The summed E-state index contributed by atoms with van der Waals surface area (Å²) < 4.78 is 34.4. The molecule has 0 aliphatic rings. The van der Waals surface area contributed by atoms with Crippen molar-refractivity contribution in [1.82, 2.24) is 0 Å². The zero-order chi connectivity index (χ0) is 47.1. The topological polar surface area (TPSA) is 108 Å². The first kappa shape index (κ1) is 60.9. The number of hydrogen-bond acceptors (Lipinski definition) is 7. The molecule has 0 radical (unpaired) electrons. The van der Waals surface area contributed by atoms with Gasteiger partial charge in [-0.2, -0.15) is 0 Å². The number of allylic oxidation sites excluding steroid dienone is 16. The van der Waals surface area contributed by atoms with Crippen LogP contribution >= 0.6 is 7.82 Å². The molecule has 0 aromatic rings. The van der Waals surface area contributed by atoms with Crippen molar-refractivity contribution in [2.45, 2.75) is 187 Å². The van der Waals surface area contributed by atoms with Crippen LogP contribution in [0.2, 0.25) is 0 Å². The number of ether oxygens (including phenoxy) is 2. The van der Waals surface area contributed by atoms with E-state index in [1.807, 2.05) is 21.1 Å². The van der Waals surface area contributed by atoms with Crippen molar-refractivity contribution in [3.8, 4) is 0 Å². The molecular formula is C54H93NO8P+. The first-order valence-corrected chi connectivity index (χ1v) is 26.5. The summed E-state index contributed by atoms with van der Waals surface area (Å²) in [4.78, 5) is 35.5. The molecule has 0 aromatic heterocycles. The molecule has 0 fully saturated rings. The third-order valence-electron chi connectivity index (χ3n) is 10.1. The maximum Gasteiger partial charge on any atom is 0.472 e. The van der Waals surface area contributed by atoms with Crippen LogP contribution in [-0.2, 0) is 32.7 Å². The number of likely N-dealkylation sites (N-methyl/N-ethyl adjacent to an activating group) is 1. The summed E-state index contributed by atoms with van der Waals surface area (Å²) in [6.45, 7) is 4.23. The summed E-state index contributed by atoms with van der Waals surface area (Å²) in [5.74, 6) is -0.858. The third-order valence-corrected chi connectivity index (χ3v) is 11.1. The van der Waals surface area contributed by atoms with Gasteiger partial charge in [-0.1, -0.05) is 169 Å². The lowest BCUT2D eigenvalue weighted by atomic mass is 10.1. The highest BCUT2D eigenvalue weighted by molar-refractivity contribution is 7.47. The van der Waals surface area contributed by atoms with Gasteiger partial charge in [0.25, 0.3) is 0 Å². The van der Waals surface area contributed by atoms with Gasteiger partial charge in [-0.25, -0.2) is 4.57 Å². The molecule has 9 nitrogen and oxygen atoms in total. The molecule has 0 aromatic carbocycles. The maximum absolute atomic E-state index is 12.7. The van der Waals surface area contributed by atoms with E-state index in [2.05, 4.69) is 111 Å². The number of carbonyl (C=O) groups is 2. The van der Waals surface area contributed by atoms with Gasteiger partial charge >= 0.3 is 19.8 Å². The number of hydrogen-bond donors (Lipinski definition) is 1. The smallest absolute Gasteiger partial charge is 0.462 e. The highest BCUT2D eigenvalue weighted by Crippen LogP contribution is 2.43. The van der Waals surface area contributed by atoms with Gasteiger partial charge in [0.2, 0.25) is 0 Å². The van der Waals surface area contributed by atoms with Crippen LogP contribution in [0.15, 0.2) is 97.2 Å². The second kappa shape index (κ2) is 45.1. The van der Waals surface area contributed by atoms with E-state index < -0.39 is 32.5 Å². The van der Waals surface area contributed by atoms with Crippen molar-refractivity contribution in [2.75, 3.05) is 47.5 Å². The molecule has 64 heavy (non-hydrogen) atoms. The Morgan fingerprint density at radius 3 is 1.34 bits per heavy atom. The minimum atomic E-state index is -4.40. The highest BCUT2D eigenvalue weighted by atomic mass is 31.2. The number of phosphoric ester groups is 1. The van der Waals surface area contributed by atoms with Crippen molar-refractivity contribution < 1.29 is 42.1 Å². The number of nitrogens with zero attached hydrogens (tertiary/aromatic N) is 1. The number of unbranched alkanes of at least 4 members (excludes halogenated alkanes) is 14. The fraction of sp³-hybridized carbons (Fsp3) is 0.667. The van der Waals surface area contributed by atoms with Crippen LogP contribution in [-0.4, -0.2) is 74.9 Å². The van der Waals surface area contributed by atoms with Gasteiger partial charge in [0.15, 0.2) is 6.10 Å². The summed E-state index contributed by atoms with van der Waals surface area (Å²) in [6.07, 6.45) is 60.3. The summed E-state index contributed by atoms with van der Waals surface area (Å²) in [7, 11) is 1.43. The zero-order valence-electron chi connectivity index (χ0n) is 41.2. The Hall–Kier alpha value is -3.07. The van der Waals surface area contributed by atoms with Crippen LogP contribution in [0, 0.1) is 0 Å². The first-order chi connectivity index (χ1) is 31.0. The lowest BCUT2D eigenvalue weighted by Gasteiger charge is -2.24. The van der Waals surface area contributed by atoms with Gasteiger partial charge < -0.3 is 18.9 Å². The lowest BCUT2D eigenvalue weighted by molar-refractivity contribution is -0.870. The summed E-state index contributed by atoms with van der Waals surface area (Å²) in [5, 5.41) is 0. The van der Waals surface area contributed by atoms with E-state index in [-0.39, 0.29) is 26.1 Å². The Labute approximate surface area is 392 Å². The highest BCUT2D eigenvalue weighted by Gasteiger charge is 2.27. The Morgan fingerprint density at radius 1 is 0.500 bits per heavy atom. The normalized spacial score (nSPS) is 14.3. The average Bonchev–Trinajstić information content (AvgIpc) is 3.25. The minimum absolute atomic E-state index is 0.0169. The molecule has 0 aliphatic heterocycles. The van der Waals surface area contributed by atoms with E-state index in [4.69, 9.17) is 18.5 Å². The van der Waals surface area contributed by atoms with Gasteiger partial charge in [-0.3, -0.25) is 18.6 Å². The molecule has 0 heterocycles. The lowest BCUT2D eigenvalue weighted by Crippen LogP contribution is -2.37. The Kier molecular flexibility index (Phi) is 42.9. The Morgan fingerprint density at radius 2 is 0.891 bits per heavy atom. The molecule has 0 rings (SSSR count). The molecule has 10 heteroatoms. The van der Waals surface area contributed by atoms with Crippen molar-refractivity contribution in [3.63, 3.8) is 0 Å². The monoisotopic (exact) mass is 915 g/mol. The molecule has 366 valence electrons. The van der Waals surface area contributed by atoms with Crippen LogP contribution in [0.5, 0.6) is 0 Å². The van der Waals surface area contributed by atoms with Crippen LogP contribution in [0.3, 0.4) is 0 Å². The van der Waals surface area contributed by atoms with E-state index in [1.165, 1.54) is 44.9 Å². The Balaban J connectivity index is 4.39. The van der Waals surface area contributed by atoms with Gasteiger partial charge in [-0.15, -0.1) is 0 Å². The van der Waals surface area contributed by atoms with Crippen molar-refractivity contribution >= 4 is 19.8 Å². The summed E-state index contributed by atoms with van der Waals surface area (Å²) in [5.41, 5.74) is 0. The summed E-state index contributed by atoms with van der Waals surface area (Å²) in [6, 6.07) is 0. The molecule has 0 spiro atoms. The maximum atomic E-state index is 12.7. The van der Waals surface area contributed by atoms with Gasteiger partial charge in [-0.05, 0) is 96.3 Å². The molecule has 2 unspecified atom stereocenters. The average molecular weight is 915 g/mol. The predicted molar refractivity (Wildman–Crippen MR) is 270 cm³/mol. The zero-order valence-corrected chi connectivity index (χ0v) is 42.1. The van der Waals surface area contributed by atoms with E-state index in [1.54, 1.807) is 0 Å². The second-order valence-electron chi connectivity index (χ2n) is 17.5. The molecule has 0 bridgehead atoms.